The molecule has 21 heavy (non-hydrogen) atoms. The summed E-state index contributed by atoms with van der Waals surface area (Å²) in [6.45, 7) is 6.68. The first-order valence-corrected chi connectivity index (χ1v) is 8.09. The van der Waals surface area contributed by atoms with Gasteiger partial charge < -0.3 is 14.8 Å². The molecule has 116 valence electrons. The average Bonchev–Trinajstić information content (AvgIpc) is 2.56. The van der Waals surface area contributed by atoms with Crippen LogP contribution in [0, 0.1) is 0 Å². The van der Waals surface area contributed by atoms with Crippen molar-refractivity contribution in [2.75, 3.05) is 19.8 Å². The number of benzene rings is 1. The molecule has 2 atom stereocenters. The maximum absolute atomic E-state index is 6.06. The van der Waals surface area contributed by atoms with Crippen LogP contribution in [0.4, 0.5) is 0 Å². The third-order valence-electron chi connectivity index (χ3n) is 3.66. The summed E-state index contributed by atoms with van der Waals surface area (Å²) in [5, 5.41) is 3.60. The molecule has 0 bridgehead atoms. The van der Waals surface area contributed by atoms with Gasteiger partial charge in [-0.2, -0.15) is 0 Å². The minimum absolute atomic E-state index is 0.00731. The van der Waals surface area contributed by atoms with Gasteiger partial charge in [0.2, 0.25) is 0 Å². The average molecular weight is 289 g/mol. The minimum Gasteiger partial charge on any atom is -0.496 e. The van der Waals surface area contributed by atoms with Crippen LogP contribution in [0.1, 0.15) is 44.8 Å². The van der Waals surface area contributed by atoms with E-state index in [0.717, 1.165) is 38.2 Å². The third kappa shape index (κ3) is 4.58. The lowest BCUT2D eigenvalue weighted by Crippen LogP contribution is -2.39. The van der Waals surface area contributed by atoms with Gasteiger partial charge in [0.25, 0.3) is 0 Å². The second kappa shape index (κ2) is 8.85. The van der Waals surface area contributed by atoms with Crippen LogP contribution in [0.2, 0.25) is 0 Å². The van der Waals surface area contributed by atoms with Crippen molar-refractivity contribution in [1.29, 1.82) is 0 Å². The van der Waals surface area contributed by atoms with E-state index in [9.17, 15) is 0 Å². The van der Waals surface area contributed by atoms with E-state index in [0.29, 0.717) is 6.61 Å². The Morgan fingerprint density at radius 1 is 1.24 bits per heavy atom. The predicted octanol–water partition coefficient (Wildman–Crippen LogP) is 3.83. The molecule has 0 radical (unpaired) electrons. The van der Waals surface area contributed by atoms with Gasteiger partial charge in [0, 0.05) is 6.61 Å². The van der Waals surface area contributed by atoms with Crippen molar-refractivity contribution in [2.24, 2.45) is 0 Å². The van der Waals surface area contributed by atoms with Crippen molar-refractivity contribution in [2.45, 2.75) is 45.3 Å². The monoisotopic (exact) mass is 289 g/mol. The maximum Gasteiger partial charge on any atom is 0.112 e. The molecule has 0 spiro atoms. The lowest BCUT2D eigenvalue weighted by molar-refractivity contribution is 0.0216. The molecule has 3 heteroatoms. The van der Waals surface area contributed by atoms with Crippen LogP contribution in [-0.2, 0) is 9.47 Å². The van der Waals surface area contributed by atoms with E-state index in [-0.39, 0.29) is 12.1 Å². The normalized spacial score (nSPS) is 17.7. The van der Waals surface area contributed by atoms with Crippen molar-refractivity contribution < 1.29 is 9.47 Å². The molecular formula is C18H27NO2. The molecular weight excluding hydrogens is 262 g/mol. The highest BCUT2D eigenvalue weighted by Crippen LogP contribution is 2.28. The Kier molecular flexibility index (Phi) is 6.77. The van der Waals surface area contributed by atoms with E-state index in [1.807, 2.05) is 13.0 Å². The molecule has 0 aromatic heterocycles. The Hall–Kier alpha value is -1.32. The Morgan fingerprint density at radius 2 is 2.05 bits per heavy atom. The third-order valence-corrected chi connectivity index (χ3v) is 3.66. The fourth-order valence-electron chi connectivity index (χ4n) is 2.66. The molecule has 0 aliphatic carbocycles. The predicted molar refractivity (Wildman–Crippen MR) is 86.2 cm³/mol. The van der Waals surface area contributed by atoms with Gasteiger partial charge in [-0.3, -0.25) is 0 Å². The van der Waals surface area contributed by atoms with Gasteiger partial charge >= 0.3 is 0 Å². The van der Waals surface area contributed by atoms with E-state index in [1.165, 1.54) is 5.56 Å². The van der Waals surface area contributed by atoms with Gasteiger partial charge in [-0.15, -0.1) is 0 Å². The van der Waals surface area contributed by atoms with Crippen molar-refractivity contribution in [3.8, 4) is 0 Å². The number of allylic oxidation sites excluding steroid dienone is 1. The molecule has 0 saturated heterocycles. The highest BCUT2D eigenvalue weighted by molar-refractivity contribution is 5.23. The first-order valence-electron chi connectivity index (χ1n) is 8.09. The summed E-state index contributed by atoms with van der Waals surface area (Å²) in [6, 6.07) is 10.5. The Balaban J connectivity index is 2.23. The maximum atomic E-state index is 6.06. The fourth-order valence-corrected chi connectivity index (χ4v) is 2.66. The van der Waals surface area contributed by atoms with Crippen LogP contribution >= 0.6 is 0 Å². The van der Waals surface area contributed by atoms with Crippen LogP contribution < -0.4 is 5.32 Å². The van der Waals surface area contributed by atoms with Gasteiger partial charge in [0.15, 0.2) is 0 Å². The Morgan fingerprint density at radius 3 is 2.67 bits per heavy atom. The molecule has 1 aliphatic heterocycles. The molecule has 1 aromatic carbocycles. The van der Waals surface area contributed by atoms with Gasteiger partial charge in [0.1, 0.15) is 11.9 Å². The molecule has 0 saturated carbocycles. The highest BCUT2D eigenvalue weighted by atomic mass is 16.5. The zero-order chi connectivity index (χ0) is 14.9. The lowest BCUT2D eigenvalue weighted by Gasteiger charge is -2.31. The van der Waals surface area contributed by atoms with E-state index < -0.39 is 0 Å². The molecule has 2 rings (SSSR count). The number of nitrogens with one attached hydrogen (secondary N) is 1. The summed E-state index contributed by atoms with van der Waals surface area (Å²) in [6.07, 6.45) is 5.50. The Labute approximate surface area is 128 Å². The van der Waals surface area contributed by atoms with Crippen LogP contribution in [0.15, 0.2) is 42.2 Å². The van der Waals surface area contributed by atoms with Crippen molar-refractivity contribution in [1.82, 2.24) is 5.32 Å². The molecule has 3 nitrogen and oxygen atoms in total. The largest absolute Gasteiger partial charge is 0.496 e. The lowest BCUT2D eigenvalue weighted by atomic mass is 9.98. The molecule has 1 N–H and O–H groups in total. The summed E-state index contributed by atoms with van der Waals surface area (Å²) >= 11 is 0. The second-order valence-corrected chi connectivity index (χ2v) is 5.32. The minimum atomic E-state index is -0.00731. The summed E-state index contributed by atoms with van der Waals surface area (Å²) in [5.74, 6) is 1.04. The van der Waals surface area contributed by atoms with E-state index in [2.05, 4.69) is 42.6 Å². The molecule has 1 aliphatic rings. The molecule has 1 aromatic rings. The van der Waals surface area contributed by atoms with Crippen molar-refractivity contribution in [3.05, 3.63) is 47.7 Å². The van der Waals surface area contributed by atoms with Crippen LogP contribution in [0.3, 0.4) is 0 Å². The van der Waals surface area contributed by atoms with Gasteiger partial charge in [0.05, 0.1) is 12.6 Å². The van der Waals surface area contributed by atoms with Gasteiger partial charge in [-0.1, -0.05) is 37.3 Å². The summed E-state index contributed by atoms with van der Waals surface area (Å²) in [4.78, 5) is 0. The zero-order valence-electron chi connectivity index (χ0n) is 13.2. The van der Waals surface area contributed by atoms with Gasteiger partial charge in [-0.05, 0) is 44.4 Å². The van der Waals surface area contributed by atoms with Crippen molar-refractivity contribution in [3.63, 3.8) is 0 Å². The highest BCUT2D eigenvalue weighted by Gasteiger charge is 2.28. The summed E-state index contributed by atoms with van der Waals surface area (Å²) in [5.41, 5.74) is 1.20. The first kappa shape index (κ1) is 16.1. The summed E-state index contributed by atoms with van der Waals surface area (Å²) < 4.78 is 12.0. The first-order chi connectivity index (χ1) is 10.4. The molecule has 1 heterocycles. The zero-order valence-corrected chi connectivity index (χ0v) is 13.2. The van der Waals surface area contributed by atoms with E-state index >= 15 is 0 Å². The number of ether oxygens (including phenoxy) is 2. The van der Waals surface area contributed by atoms with E-state index in [4.69, 9.17) is 9.47 Å². The van der Waals surface area contributed by atoms with E-state index in [1.54, 1.807) is 0 Å². The number of rotatable bonds is 8. The second-order valence-electron chi connectivity index (χ2n) is 5.32. The van der Waals surface area contributed by atoms with Crippen LogP contribution in [0.25, 0.3) is 0 Å². The Bertz CT molecular complexity index is 430. The molecule has 0 amide bonds. The number of hydrogen-bond acceptors (Lipinski definition) is 3. The molecule has 0 fully saturated rings. The number of hydrogen-bond donors (Lipinski definition) is 1. The molecule has 2 unspecified atom stereocenters. The fraction of sp³-hybridized carbons (Fsp3) is 0.556. The summed E-state index contributed by atoms with van der Waals surface area (Å²) in [7, 11) is 0. The topological polar surface area (TPSA) is 30.5 Å². The van der Waals surface area contributed by atoms with Crippen molar-refractivity contribution >= 4 is 0 Å². The van der Waals surface area contributed by atoms with Crippen LogP contribution in [0.5, 0.6) is 0 Å². The van der Waals surface area contributed by atoms with Crippen LogP contribution in [-0.4, -0.2) is 25.8 Å². The smallest absolute Gasteiger partial charge is 0.112 e. The standard InChI is InChI=1S/C18H27NO2/c1-3-13-19-17(16-12-8-9-14-21-16)18(20-4-2)15-10-6-5-7-11-15/h5-7,10-12,17-19H,3-4,8-9,13-14H2,1-2H3. The van der Waals surface area contributed by atoms with Gasteiger partial charge in [-0.25, -0.2) is 0 Å². The SMILES string of the molecule is CCCNC(C1=CCCCO1)C(OCC)c1ccccc1. The quantitative estimate of drug-likeness (QED) is 0.789.